The van der Waals surface area contributed by atoms with E-state index in [1.807, 2.05) is 6.92 Å². The lowest BCUT2D eigenvalue weighted by Gasteiger charge is -2.20. The Morgan fingerprint density at radius 2 is 2.40 bits per heavy atom. The van der Waals surface area contributed by atoms with E-state index in [0.29, 0.717) is 5.56 Å². The maximum Gasteiger partial charge on any atom is 0.180 e. The van der Waals surface area contributed by atoms with Crippen LogP contribution in [0.4, 0.5) is 4.39 Å². The average molecular weight is 225 g/mol. The van der Waals surface area contributed by atoms with Gasteiger partial charge in [0.1, 0.15) is 5.82 Å². The number of aromatic nitrogens is 1. The lowest BCUT2D eigenvalue weighted by Crippen LogP contribution is -2.28. The van der Waals surface area contributed by atoms with Gasteiger partial charge in [-0.05, 0) is 31.6 Å². The first-order valence-electron chi connectivity index (χ1n) is 4.91. The van der Waals surface area contributed by atoms with Gasteiger partial charge in [-0.1, -0.05) is 0 Å². The Labute approximate surface area is 92.3 Å². The Morgan fingerprint density at radius 3 is 3.00 bits per heavy atom. The van der Waals surface area contributed by atoms with Gasteiger partial charge in [0.05, 0.1) is 10.9 Å². The van der Waals surface area contributed by atoms with Crippen molar-refractivity contribution in [2.24, 2.45) is 0 Å². The van der Waals surface area contributed by atoms with Gasteiger partial charge in [-0.3, -0.25) is 9.78 Å². The molecule has 1 unspecified atom stereocenters. The zero-order valence-electron chi connectivity index (χ0n) is 8.50. The molecule has 0 saturated carbocycles. The molecule has 0 bridgehead atoms. The van der Waals surface area contributed by atoms with Crippen molar-refractivity contribution >= 4 is 17.5 Å². The minimum Gasteiger partial charge on any atom is -0.293 e. The summed E-state index contributed by atoms with van der Waals surface area (Å²) in [6.45, 7) is 1.93. The standard InChI is InChI=1S/C11H12FNOS/c1-11(3-2-4-15-11)10(14)8-5-9(12)7-13-6-8/h5-7H,2-4H2,1H3. The molecule has 80 valence electrons. The molecule has 1 fully saturated rings. The molecule has 4 heteroatoms. The Balaban J connectivity index is 2.27. The first-order chi connectivity index (χ1) is 7.12. The zero-order chi connectivity index (χ0) is 10.9. The number of halogens is 1. The summed E-state index contributed by atoms with van der Waals surface area (Å²) >= 11 is 1.65. The van der Waals surface area contributed by atoms with Crippen molar-refractivity contribution in [1.82, 2.24) is 4.98 Å². The summed E-state index contributed by atoms with van der Waals surface area (Å²) in [5.41, 5.74) is 0.381. The Hall–Kier alpha value is -0.900. The maximum absolute atomic E-state index is 12.9. The van der Waals surface area contributed by atoms with Crippen LogP contribution in [-0.4, -0.2) is 21.3 Å². The van der Waals surface area contributed by atoms with Crippen molar-refractivity contribution in [3.63, 3.8) is 0 Å². The molecule has 2 rings (SSSR count). The minimum atomic E-state index is -0.451. The summed E-state index contributed by atoms with van der Waals surface area (Å²) in [4.78, 5) is 15.8. The summed E-state index contributed by atoms with van der Waals surface area (Å²) in [6.07, 6.45) is 4.47. The van der Waals surface area contributed by atoms with Gasteiger partial charge < -0.3 is 0 Å². The third kappa shape index (κ3) is 2.04. The number of hydrogen-bond donors (Lipinski definition) is 0. The predicted molar refractivity (Wildman–Crippen MR) is 58.6 cm³/mol. The molecule has 1 saturated heterocycles. The Kier molecular flexibility index (Phi) is 2.78. The Morgan fingerprint density at radius 1 is 1.60 bits per heavy atom. The molecule has 0 amide bonds. The van der Waals surface area contributed by atoms with Crippen LogP contribution in [-0.2, 0) is 0 Å². The number of thioether (sulfide) groups is 1. The highest BCUT2D eigenvalue weighted by molar-refractivity contribution is 8.01. The smallest absolute Gasteiger partial charge is 0.180 e. The number of carbonyl (C=O) groups is 1. The summed E-state index contributed by atoms with van der Waals surface area (Å²) < 4.78 is 12.5. The molecule has 15 heavy (non-hydrogen) atoms. The number of hydrogen-bond acceptors (Lipinski definition) is 3. The van der Waals surface area contributed by atoms with E-state index < -0.39 is 5.82 Å². The van der Waals surface area contributed by atoms with Gasteiger partial charge in [-0.2, -0.15) is 0 Å². The highest BCUT2D eigenvalue weighted by Crippen LogP contribution is 2.40. The van der Waals surface area contributed by atoms with Crippen LogP contribution in [0.5, 0.6) is 0 Å². The van der Waals surface area contributed by atoms with Crippen LogP contribution in [0.25, 0.3) is 0 Å². The predicted octanol–water partition coefficient (Wildman–Crippen LogP) is 2.69. The molecule has 0 aliphatic carbocycles. The largest absolute Gasteiger partial charge is 0.293 e. The van der Waals surface area contributed by atoms with Crippen molar-refractivity contribution in [3.05, 3.63) is 29.8 Å². The van der Waals surface area contributed by atoms with Crippen molar-refractivity contribution in [2.75, 3.05) is 5.75 Å². The molecule has 2 nitrogen and oxygen atoms in total. The second-order valence-electron chi connectivity index (χ2n) is 3.90. The fraction of sp³-hybridized carbons (Fsp3) is 0.455. The molecule has 1 aliphatic heterocycles. The topological polar surface area (TPSA) is 30.0 Å². The second kappa shape index (κ2) is 3.93. The quantitative estimate of drug-likeness (QED) is 0.725. The highest BCUT2D eigenvalue weighted by atomic mass is 32.2. The van der Waals surface area contributed by atoms with E-state index in [-0.39, 0.29) is 10.5 Å². The summed E-state index contributed by atoms with van der Waals surface area (Å²) in [7, 11) is 0. The molecular weight excluding hydrogens is 213 g/mol. The van der Waals surface area contributed by atoms with E-state index in [9.17, 15) is 9.18 Å². The molecule has 2 heterocycles. The highest BCUT2D eigenvalue weighted by Gasteiger charge is 2.37. The number of pyridine rings is 1. The monoisotopic (exact) mass is 225 g/mol. The van der Waals surface area contributed by atoms with Crippen molar-refractivity contribution < 1.29 is 9.18 Å². The first kappa shape index (κ1) is 10.6. The lowest BCUT2D eigenvalue weighted by atomic mass is 9.96. The van der Waals surface area contributed by atoms with E-state index >= 15 is 0 Å². The van der Waals surface area contributed by atoms with Crippen LogP contribution >= 0.6 is 11.8 Å². The van der Waals surface area contributed by atoms with Crippen LogP contribution in [0.2, 0.25) is 0 Å². The molecule has 1 aliphatic rings. The number of carbonyl (C=O) groups excluding carboxylic acids is 1. The van der Waals surface area contributed by atoms with Crippen molar-refractivity contribution in [3.8, 4) is 0 Å². The normalized spacial score (nSPS) is 25.5. The fourth-order valence-electron chi connectivity index (χ4n) is 1.80. The maximum atomic E-state index is 12.9. The minimum absolute atomic E-state index is 0.00278. The number of nitrogens with zero attached hydrogens (tertiary/aromatic N) is 1. The fourth-order valence-corrected chi connectivity index (χ4v) is 3.08. The molecule has 1 atom stereocenters. The lowest BCUT2D eigenvalue weighted by molar-refractivity contribution is 0.0948. The number of rotatable bonds is 2. The summed E-state index contributed by atoms with van der Waals surface area (Å²) in [5.74, 6) is 0.551. The van der Waals surface area contributed by atoms with Gasteiger partial charge in [-0.25, -0.2) is 4.39 Å². The third-order valence-corrected chi connectivity index (χ3v) is 4.19. The first-order valence-corrected chi connectivity index (χ1v) is 5.90. The van der Waals surface area contributed by atoms with Crippen LogP contribution in [0.15, 0.2) is 18.5 Å². The molecule has 0 spiro atoms. The van der Waals surface area contributed by atoms with E-state index in [2.05, 4.69) is 4.98 Å². The molecule has 0 aromatic carbocycles. The average Bonchev–Trinajstić information content (AvgIpc) is 2.65. The van der Waals surface area contributed by atoms with Crippen LogP contribution in [0.3, 0.4) is 0 Å². The van der Waals surface area contributed by atoms with Gasteiger partial charge in [0.25, 0.3) is 0 Å². The molecule has 1 aromatic rings. The van der Waals surface area contributed by atoms with Gasteiger partial charge in [0.2, 0.25) is 0 Å². The third-order valence-electron chi connectivity index (χ3n) is 2.67. The van der Waals surface area contributed by atoms with Crippen LogP contribution in [0, 0.1) is 5.82 Å². The van der Waals surface area contributed by atoms with Crippen LogP contribution < -0.4 is 0 Å². The Bertz CT molecular complexity index is 388. The van der Waals surface area contributed by atoms with E-state index in [1.165, 1.54) is 12.3 Å². The molecule has 1 aromatic heterocycles. The summed E-state index contributed by atoms with van der Waals surface area (Å²) in [6, 6.07) is 1.26. The van der Waals surface area contributed by atoms with Gasteiger partial charge >= 0.3 is 0 Å². The van der Waals surface area contributed by atoms with E-state index in [1.54, 1.807) is 11.8 Å². The second-order valence-corrected chi connectivity index (χ2v) is 5.50. The molecule has 0 radical (unpaired) electrons. The van der Waals surface area contributed by atoms with Gasteiger partial charge in [-0.15, -0.1) is 11.8 Å². The van der Waals surface area contributed by atoms with Gasteiger partial charge in [0.15, 0.2) is 5.78 Å². The number of ketones is 1. The zero-order valence-corrected chi connectivity index (χ0v) is 9.31. The van der Waals surface area contributed by atoms with E-state index in [4.69, 9.17) is 0 Å². The molecule has 0 N–H and O–H groups in total. The van der Waals surface area contributed by atoms with Crippen molar-refractivity contribution in [1.29, 1.82) is 0 Å². The van der Waals surface area contributed by atoms with Crippen LogP contribution in [0.1, 0.15) is 30.1 Å². The number of Topliss-reactive ketones (excluding diaryl/α,β-unsaturated/α-hetero) is 1. The van der Waals surface area contributed by atoms with Crippen molar-refractivity contribution in [2.45, 2.75) is 24.5 Å². The van der Waals surface area contributed by atoms with Gasteiger partial charge in [0, 0.05) is 11.8 Å². The summed E-state index contributed by atoms with van der Waals surface area (Å²) in [5, 5.41) is 0. The van der Waals surface area contributed by atoms with E-state index in [0.717, 1.165) is 24.8 Å². The molecular formula is C11H12FNOS. The SMILES string of the molecule is CC1(C(=O)c2cncc(F)c2)CCCS1.